The van der Waals surface area contributed by atoms with Crippen LogP contribution >= 0.6 is 8.46 Å². The van der Waals surface area contributed by atoms with E-state index in [1.165, 1.54) is 0 Å². The smallest absolute Gasteiger partial charge is 0.347 e. The zero-order valence-corrected chi connectivity index (χ0v) is 13.5. The van der Waals surface area contributed by atoms with Crippen molar-refractivity contribution in [3.8, 4) is 0 Å². The molecule has 0 fully saturated rings. The van der Waals surface area contributed by atoms with E-state index in [0.717, 1.165) is 18.5 Å². The van der Waals surface area contributed by atoms with E-state index in [4.69, 9.17) is 9.47 Å². The van der Waals surface area contributed by atoms with E-state index in [1.807, 2.05) is 44.2 Å². The van der Waals surface area contributed by atoms with Crippen LogP contribution in [0.25, 0.3) is 0 Å². The molecule has 2 atom stereocenters. The highest BCUT2D eigenvalue weighted by atomic mass is 31.1. The van der Waals surface area contributed by atoms with Crippen molar-refractivity contribution in [1.82, 2.24) is 5.32 Å². The summed E-state index contributed by atoms with van der Waals surface area (Å²) in [5.41, 5.74) is 0.925. The van der Waals surface area contributed by atoms with Crippen molar-refractivity contribution in [3.05, 3.63) is 35.9 Å². The van der Waals surface area contributed by atoms with Crippen molar-refractivity contribution in [3.63, 3.8) is 0 Å². The van der Waals surface area contributed by atoms with Crippen molar-refractivity contribution >= 4 is 8.46 Å². The van der Waals surface area contributed by atoms with E-state index in [0.29, 0.717) is 13.2 Å². The molecule has 0 aliphatic rings. The molecule has 0 heterocycles. The molecule has 0 bridgehead atoms. The summed E-state index contributed by atoms with van der Waals surface area (Å²) in [5.74, 6) is 0. The van der Waals surface area contributed by atoms with Crippen LogP contribution < -0.4 is 5.32 Å². The average Bonchev–Trinajstić information content (AvgIpc) is 2.50. The lowest BCUT2D eigenvalue weighted by molar-refractivity contribution is -0.165. The Bertz CT molecular complexity index is 382. The predicted octanol–water partition coefficient (Wildman–Crippen LogP) is 3.26. The fraction of sp³-hybridized carbons (Fsp3) is 0.600. The third-order valence-corrected chi connectivity index (χ3v) is 4.06. The third kappa shape index (κ3) is 4.10. The Labute approximate surface area is 123 Å². The second kappa shape index (κ2) is 9.19. The van der Waals surface area contributed by atoms with Crippen molar-refractivity contribution < 1.29 is 14.0 Å². The second-order valence-corrected chi connectivity index (χ2v) is 5.44. The highest BCUT2D eigenvalue weighted by Crippen LogP contribution is 2.38. The molecule has 1 rings (SSSR count). The second-order valence-electron chi connectivity index (χ2n) is 4.45. The maximum absolute atomic E-state index is 12.1. The molecule has 0 radical (unpaired) electrons. The van der Waals surface area contributed by atoms with Gasteiger partial charge in [-0.2, -0.15) is 0 Å². The zero-order chi connectivity index (χ0) is 14.8. The molecular weight excluding hydrogens is 273 g/mol. The summed E-state index contributed by atoms with van der Waals surface area (Å²) in [5, 5.41) is 2.55. The number of nitrogens with one attached hydrogen (secondary N) is 1. The van der Waals surface area contributed by atoms with Crippen LogP contribution in [0.15, 0.2) is 30.3 Å². The third-order valence-electron chi connectivity index (χ3n) is 3.03. The van der Waals surface area contributed by atoms with E-state index in [2.05, 4.69) is 12.2 Å². The van der Waals surface area contributed by atoms with Crippen LogP contribution in [0.1, 0.15) is 32.8 Å². The summed E-state index contributed by atoms with van der Waals surface area (Å²) in [6.07, 6.45) is 0.381. The monoisotopic (exact) mass is 298 g/mol. The first-order valence-corrected chi connectivity index (χ1v) is 8.09. The highest BCUT2D eigenvalue weighted by Gasteiger charge is 2.50. The topological polar surface area (TPSA) is 47.6 Å². The molecule has 0 aliphatic carbocycles. The van der Waals surface area contributed by atoms with Gasteiger partial charge in [0.15, 0.2) is 0 Å². The van der Waals surface area contributed by atoms with Crippen LogP contribution in [0.2, 0.25) is 0 Å². The van der Waals surface area contributed by atoms with Gasteiger partial charge in [0.25, 0.3) is 5.28 Å². The Morgan fingerprint density at radius 1 is 1.15 bits per heavy atom. The molecule has 0 aliphatic heterocycles. The Hall–Kier alpha value is -0.800. The van der Waals surface area contributed by atoms with Crippen LogP contribution in [0.3, 0.4) is 0 Å². The molecule has 0 amide bonds. The summed E-state index contributed by atoms with van der Waals surface area (Å²) in [4.78, 5) is 0. The molecule has 4 nitrogen and oxygen atoms in total. The predicted molar refractivity (Wildman–Crippen MR) is 82.5 cm³/mol. The summed E-state index contributed by atoms with van der Waals surface area (Å²) in [6.45, 7) is 7.67. The van der Waals surface area contributed by atoms with Crippen molar-refractivity contribution in [1.29, 1.82) is 0 Å². The van der Waals surface area contributed by atoms with Gasteiger partial charge in [0.1, 0.15) is 0 Å². The van der Waals surface area contributed by atoms with Gasteiger partial charge in [-0.3, -0.25) is 5.32 Å². The normalized spacial score (nSPS) is 14.6. The van der Waals surface area contributed by atoms with Gasteiger partial charge in [-0.15, -0.1) is 0 Å². The largest absolute Gasteiger partial charge is 0.357 e. The van der Waals surface area contributed by atoms with Crippen molar-refractivity contribution in [2.24, 2.45) is 0 Å². The standard InChI is InChI=1S/C15H24NO3P/c1-4-12-16-15(20-17,13-10-8-7-9-11-13)14(18-5-2)19-6-3/h7-11,14,16H,4-6,12H2,1-3H3/p+1. The summed E-state index contributed by atoms with van der Waals surface area (Å²) < 4.78 is 23.5. The van der Waals surface area contributed by atoms with Gasteiger partial charge >= 0.3 is 8.46 Å². The molecule has 112 valence electrons. The van der Waals surface area contributed by atoms with E-state index in [-0.39, 0.29) is 0 Å². The molecule has 5 heteroatoms. The molecule has 1 aromatic rings. The summed E-state index contributed by atoms with van der Waals surface area (Å²) in [6, 6.07) is 9.73. The maximum Gasteiger partial charge on any atom is 0.357 e. The van der Waals surface area contributed by atoms with Crippen LogP contribution in [-0.2, 0) is 19.3 Å². The van der Waals surface area contributed by atoms with E-state index < -0.39 is 20.0 Å². The Balaban J connectivity index is 3.18. The van der Waals surface area contributed by atoms with Crippen LogP contribution in [-0.4, -0.2) is 26.0 Å². The molecule has 0 spiro atoms. The molecule has 1 aromatic carbocycles. The number of hydrogen-bond acceptors (Lipinski definition) is 4. The Kier molecular flexibility index (Phi) is 7.93. The SMILES string of the molecule is CCCNC([PH+]=O)(c1ccccc1)C(OCC)OCC. The lowest BCUT2D eigenvalue weighted by atomic mass is 10.1. The minimum absolute atomic E-state index is 0.511. The van der Waals surface area contributed by atoms with E-state index >= 15 is 0 Å². The van der Waals surface area contributed by atoms with Gasteiger partial charge in [0.05, 0.1) is 0 Å². The minimum Gasteiger partial charge on any atom is -0.347 e. The quantitative estimate of drug-likeness (QED) is 0.532. The van der Waals surface area contributed by atoms with Crippen molar-refractivity contribution in [2.75, 3.05) is 19.8 Å². The van der Waals surface area contributed by atoms with E-state index in [9.17, 15) is 4.57 Å². The zero-order valence-electron chi connectivity index (χ0n) is 12.5. The van der Waals surface area contributed by atoms with Crippen LogP contribution in [0.4, 0.5) is 0 Å². The van der Waals surface area contributed by atoms with Gasteiger partial charge in [-0.25, -0.2) is 0 Å². The van der Waals surface area contributed by atoms with Crippen LogP contribution in [0.5, 0.6) is 0 Å². The molecule has 20 heavy (non-hydrogen) atoms. The minimum atomic E-state index is -0.816. The summed E-state index contributed by atoms with van der Waals surface area (Å²) in [7, 11) is -0.605. The van der Waals surface area contributed by atoms with E-state index in [1.54, 1.807) is 0 Å². The van der Waals surface area contributed by atoms with Gasteiger partial charge in [0, 0.05) is 18.8 Å². The molecule has 2 unspecified atom stereocenters. The lowest BCUT2D eigenvalue weighted by Gasteiger charge is -2.30. The molecular formula is C15H25NO3P+. The fourth-order valence-corrected chi connectivity index (χ4v) is 2.83. The number of benzene rings is 1. The lowest BCUT2D eigenvalue weighted by Crippen LogP contribution is -2.50. The molecule has 0 saturated carbocycles. The number of rotatable bonds is 10. The maximum atomic E-state index is 12.1. The number of ether oxygens (including phenoxy) is 2. The van der Waals surface area contributed by atoms with Gasteiger partial charge in [-0.05, 0) is 26.8 Å². The fourth-order valence-electron chi connectivity index (χ4n) is 2.09. The molecule has 1 N–H and O–H groups in total. The first-order valence-electron chi connectivity index (χ1n) is 7.18. The summed E-state index contributed by atoms with van der Waals surface area (Å²) >= 11 is 0. The van der Waals surface area contributed by atoms with Gasteiger partial charge in [0.2, 0.25) is 6.29 Å². The number of hydrogen-bond donors (Lipinski definition) is 1. The Morgan fingerprint density at radius 2 is 1.75 bits per heavy atom. The molecule has 0 aromatic heterocycles. The van der Waals surface area contributed by atoms with Crippen LogP contribution in [0, 0.1) is 0 Å². The highest BCUT2D eigenvalue weighted by molar-refractivity contribution is 7.25. The Morgan fingerprint density at radius 3 is 2.20 bits per heavy atom. The van der Waals surface area contributed by atoms with Crippen molar-refractivity contribution in [2.45, 2.75) is 38.8 Å². The van der Waals surface area contributed by atoms with Gasteiger partial charge < -0.3 is 9.47 Å². The first-order chi connectivity index (χ1) is 9.75. The average molecular weight is 298 g/mol. The van der Waals surface area contributed by atoms with Gasteiger partial charge in [-0.1, -0.05) is 41.8 Å². The first kappa shape index (κ1) is 17.3. The molecule has 0 saturated heterocycles.